The first-order valence-corrected chi connectivity index (χ1v) is 9.30. The van der Waals surface area contributed by atoms with Crippen molar-refractivity contribution in [3.8, 4) is 0 Å². The minimum Gasteiger partial charge on any atom is -0.324 e. The zero-order valence-corrected chi connectivity index (χ0v) is 15.6. The summed E-state index contributed by atoms with van der Waals surface area (Å²) >= 11 is 6.04. The molecule has 1 aliphatic heterocycles. The Bertz CT molecular complexity index is 716. The largest absolute Gasteiger partial charge is 0.324 e. The van der Waals surface area contributed by atoms with Crippen LogP contribution >= 0.6 is 11.6 Å². The number of amides is 1. The van der Waals surface area contributed by atoms with Gasteiger partial charge in [-0.1, -0.05) is 48.4 Å². The molecule has 0 spiro atoms. The number of para-hydroxylation sites is 1. The number of nitrogens with zero attached hydrogens (tertiary/aromatic N) is 1. The van der Waals surface area contributed by atoms with E-state index in [4.69, 9.17) is 11.6 Å². The van der Waals surface area contributed by atoms with Crippen LogP contribution < -0.4 is 5.32 Å². The standard InChI is InChI=1S/C21H25ClN2O/c1-15-7-6-8-16(2)19(15)23-21(25)20(24-13-4-3-5-14-24)17-9-11-18(22)12-10-17/h6-12,20H,3-5,13-14H2,1-2H3,(H,23,25). The second-order valence-corrected chi connectivity index (χ2v) is 7.24. The van der Waals surface area contributed by atoms with E-state index in [0.29, 0.717) is 5.02 Å². The number of carbonyl (C=O) groups excluding carboxylic acids is 1. The van der Waals surface area contributed by atoms with Crippen LogP contribution in [0.1, 0.15) is 42.0 Å². The maximum Gasteiger partial charge on any atom is 0.246 e. The van der Waals surface area contributed by atoms with Crippen LogP contribution in [-0.2, 0) is 4.79 Å². The second-order valence-electron chi connectivity index (χ2n) is 6.81. The molecule has 0 aliphatic carbocycles. The first-order valence-electron chi connectivity index (χ1n) is 8.93. The molecule has 1 amide bonds. The van der Waals surface area contributed by atoms with Crippen molar-refractivity contribution < 1.29 is 4.79 Å². The van der Waals surface area contributed by atoms with Crippen LogP contribution in [0.25, 0.3) is 0 Å². The Morgan fingerprint density at radius 2 is 1.60 bits per heavy atom. The zero-order valence-electron chi connectivity index (χ0n) is 14.9. The summed E-state index contributed by atoms with van der Waals surface area (Å²) in [6.45, 7) is 5.96. The minimum atomic E-state index is -0.281. The predicted molar refractivity (Wildman–Crippen MR) is 104 cm³/mol. The fraction of sp³-hybridized carbons (Fsp3) is 0.381. The highest BCUT2D eigenvalue weighted by Gasteiger charge is 2.29. The normalized spacial score (nSPS) is 16.4. The first kappa shape index (κ1) is 18.0. The highest BCUT2D eigenvalue weighted by molar-refractivity contribution is 6.30. The SMILES string of the molecule is Cc1cccc(C)c1NC(=O)C(c1ccc(Cl)cc1)N1CCCCC1. The molecule has 2 aromatic rings. The molecule has 0 aromatic heterocycles. The Hall–Kier alpha value is -1.84. The van der Waals surface area contributed by atoms with Gasteiger partial charge in [-0.25, -0.2) is 0 Å². The summed E-state index contributed by atoms with van der Waals surface area (Å²) in [5.74, 6) is 0.0293. The maximum atomic E-state index is 13.2. The molecule has 1 saturated heterocycles. The highest BCUT2D eigenvalue weighted by Crippen LogP contribution is 2.28. The predicted octanol–water partition coefficient (Wildman–Crippen LogP) is 5.12. The van der Waals surface area contributed by atoms with Crippen molar-refractivity contribution >= 4 is 23.2 Å². The van der Waals surface area contributed by atoms with Crippen molar-refractivity contribution in [1.29, 1.82) is 0 Å². The molecule has 1 unspecified atom stereocenters. The third kappa shape index (κ3) is 4.23. The molecular weight excluding hydrogens is 332 g/mol. The molecule has 4 heteroatoms. The minimum absolute atomic E-state index is 0.0293. The number of halogens is 1. The number of rotatable bonds is 4. The molecular formula is C21H25ClN2O. The van der Waals surface area contributed by atoms with Crippen LogP contribution in [0.2, 0.25) is 5.02 Å². The van der Waals surface area contributed by atoms with Gasteiger partial charge in [0.15, 0.2) is 0 Å². The van der Waals surface area contributed by atoms with Crippen molar-refractivity contribution in [2.75, 3.05) is 18.4 Å². The van der Waals surface area contributed by atoms with Crippen LogP contribution in [0.15, 0.2) is 42.5 Å². The van der Waals surface area contributed by atoms with Crippen molar-refractivity contribution in [1.82, 2.24) is 4.90 Å². The molecule has 3 rings (SSSR count). The van der Waals surface area contributed by atoms with Gasteiger partial charge in [0.1, 0.15) is 6.04 Å². The van der Waals surface area contributed by atoms with E-state index in [1.165, 1.54) is 6.42 Å². The zero-order chi connectivity index (χ0) is 17.8. The fourth-order valence-corrected chi connectivity index (χ4v) is 3.68. The van der Waals surface area contributed by atoms with Gasteiger partial charge in [0.25, 0.3) is 0 Å². The van der Waals surface area contributed by atoms with Gasteiger partial charge < -0.3 is 5.32 Å². The van der Waals surface area contributed by atoms with E-state index in [-0.39, 0.29) is 11.9 Å². The van der Waals surface area contributed by atoms with Gasteiger partial charge in [-0.2, -0.15) is 0 Å². The number of anilines is 1. The van der Waals surface area contributed by atoms with Gasteiger partial charge in [0.2, 0.25) is 5.91 Å². The average Bonchev–Trinajstić information content (AvgIpc) is 2.61. The molecule has 0 bridgehead atoms. The van der Waals surface area contributed by atoms with Gasteiger partial charge in [0, 0.05) is 10.7 Å². The van der Waals surface area contributed by atoms with Gasteiger partial charge >= 0.3 is 0 Å². The number of benzene rings is 2. The Morgan fingerprint density at radius 3 is 2.20 bits per heavy atom. The molecule has 25 heavy (non-hydrogen) atoms. The highest BCUT2D eigenvalue weighted by atomic mass is 35.5. The Labute approximate surface area is 155 Å². The number of hydrogen-bond donors (Lipinski definition) is 1. The number of hydrogen-bond acceptors (Lipinski definition) is 2. The first-order chi connectivity index (χ1) is 12.1. The van der Waals surface area contributed by atoms with E-state index in [0.717, 1.165) is 48.3 Å². The summed E-state index contributed by atoms with van der Waals surface area (Å²) in [6.07, 6.45) is 3.52. The van der Waals surface area contributed by atoms with E-state index in [1.807, 2.05) is 56.3 Å². The van der Waals surface area contributed by atoms with E-state index in [2.05, 4.69) is 10.2 Å². The molecule has 2 aromatic carbocycles. The molecule has 132 valence electrons. The Balaban J connectivity index is 1.90. The summed E-state index contributed by atoms with van der Waals surface area (Å²) in [4.78, 5) is 15.5. The van der Waals surface area contributed by atoms with E-state index in [9.17, 15) is 4.79 Å². The van der Waals surface area contributed by atoms with Crippen LogP contribution in [0.3, 0.4) is 0 Å². The summed E-state index contributed by atoms with van der Waals surface area (Å²) in [5, 5.41) is 3.87. The van der Waals surface area contributed by atoms with Crippen LogP contribution in [0.5, 0.6) is 0 Å². The monoisotopic (exact) mass is 356 g/mol. The van der Waals surface area contributed by atoms with Gasteiger partial charge in [-0.05, 0) is 68.6 Å². The van der Waals surface area contributed by atoms with Crippen molar-refractivity contribution in [2.45, 2.75) is 39.2 Å². The summed E-state index contributed by atoms with van der Waals surface area (Å²) in [5.41, 5.74) is 4.09. The van der Waals surface area contributed by atoms with Crippen molar-refractivity contribution in [3.63, 3.8) is 0 Å². The van der Waals surface area contributed by atoms with E-state index < -0.39 is 0 Å². The molecule has 0 radical (unpaired) electrons. The van der Waals surface area contributed by atoms with Crippen LogP contribution in [-0.4, -0.2) is 23.9 Å². The fourth-order valence-electron chi connectivity index (χ4n) is 3.55. The average molecular weight is 357 g/mol. The second kappa shape index (κ2) is 8.03. The molecule has 0 saturated carbocycles. The number of piperidine rings is 1. The quantitative estimate of drug-likeness (QED) is 0.824. The van der Waals surface area contributed by atoms with Gasteiger partial charge in [-0.15, -0.1) is 0 Å². The lowest BCUT2D eigenvalue weighted by atomic mass is 10.00. The number of aryl methyl sites for hydroxylation is 2. The maximum absolute atomic E-state index is 13.2. The number of likely N-dealkylation sites (tertiary alicyclic amines) is 1. The summed E-state index contributed by atoms with van der Waals surface area (Å²) in [6, 6.07) is 13.4. The smallest absolute Gasteiger partial charge is 0.246 e. The molecule has 1 N–H and O–H groups in total. The summed E-state index contributed by atoms with van der Waals surface area (Å²) < 4.78 is 0. The van der Waals surface area contributed by atoms with Crippen LogP contribution in [0, 0.1) is 13.8 Å². The molecule has 3 nitrogen and oxygen atoms in total. The lowest BCUT2D eigenvalue weighted by molar-refractivity contribution is -0.122. The van der Waals surface area contributed by atoms with Crippen molar-refractivity contribution in [3.05, 3.63) is 64.2 Å². The van der Waals surface area contributed by atoms with E-state index in [1.54, 1.807) is 0 Å². The van der Waals surface area contributed by atoms with Gasteiger partial charge in [-0.3, -0.25) is 9.69 Å². The van der Waals surface area contributed by atoms with Crippen LogP contribution in [0.4, 0.5) is 5.69 Å². The molecule has 1 aliphatic rings. The third-order valence-corrected chi connectivity index (χ3v) is 5.17. The Kier molecular flexibility index (Phi) is 5.77. The topological polar surface area (TPSA) is 32.3 Å². The van der Waals surface area contributed by atoms with Crippen molar-refractivity contribution in [2.24, 2.45) is 0 Å². The number of carbonyl (C=O) groups is 1. The number of nitrogens with one attached hydrogen (secondary N) is 1. The third-order valence-electron chi connectivity index (χ3n) is 4.92. The lowest BCUT2D eigenvalue weighted by Crippen LogP contribution is -2.40. The Morgan fingerprint density at radius 1 is 1.00 bits per heavy atom. The molecule has 1 heterocycles. The molecule has 1 atom stereocenters. The summed E-state index contributed by atoms with van der Waals surface area (Å²) in [7, 11) is 0. The molecule has 1 fully saturated rings. The lowest BCUT2D eigenvalue weighted by Gasteiger charge is -2.34. The van der Waals surface area contributed by atoms with E-state index >= 15 is 0 Å². The van der Waals surface area contributed by atoms with Gasteiger partial charge in [0.05, 0.1) is 0 Å².